The van der Waals surface area contributed by atoms with Gasteiger partial charge in [0.2, 0.25) is 0 Å². The summed E-state index contributed by atoms with van der Waals surface area (Å²) in [4.78, 5) is 17.4. The lowest BCUT2D eigenvalue weighted by atomic mass is 10.2. The maximum absolute atomic E-state index is 12.8. The van der Waals surface area contributed by atoms with Crippen molar-refractivity contribution in [2.24, 2.45) is 5.10 Å². The molecule has 0 aliphatic carbocycles. The molecule has 0 aliphatic rings. The van der Waals surface area contributed by atoms with Crippen LogP contribution in [-0.2, 0) is 6.42 Å². The zero-order valence-corrected chi connectivity index (χ0v) is 14.7. The van der Waals surface area contributed by atoms with E-state index in [4.69, 9.17) is 0 Å². The van der Waals surface area contributed by atoms with Gasteiger partial charge in [0.25, 0.3) is 5.56 Å². The van der Waals surface area contributed by atoms with Crippen molar-refractivity contribution >= 4 is 33.0 Å². The summed E-state index contributed by atoms with van der Waals surface area (Å²) in [5, 5.41) is 14.2. The molecule has 0 saturated carbocycles. The Morgan fingerprint density at radius 3 is 2.71 bits per heavy atom. The van der Waals surface area contributed by atoms with Crippen LogP contribution in [0.1, 0.15) is 24.7 Å². The summed E-state index contributed by atoms with van der Waals surface area (Å²) in [6, 6.07) is 12.1. The molecule has 3 rings (SSSR count). The topological polar surface area (TPSA) is 67.5 Å². The van der Waals surface area contributed by atoms with Crippen LogP contribution in [0, 0.1) is 0 Å². The van der Waals surface area contributed by atoms with Crippen LogP contribution in [0.4, 0.5) is 0 Å². The fraction of sp³-hybridized carbons (Fsp3) is 0.167. The van der Waals surface area contributed by atoms with Gasteiger partial charge in [0.1, 0.15) is 11.6 Å². The van der Waals surface area contributed by atoms with E-state index in [0.717, 1.165) is 16.5 Å². The number of nitrogens with zero attached hydrogens (tertiary/aromatic N) is 3. The predicted octanol–water partition coefficient (Wildman–Crippen LogP) is 3.70. The molecule has 0 fully saturated rings. The van der Waals surface area contributed by atoms with Gasteiger partial charge in [-0.25, -0.2) is 4.98 Å². The van der Waals surface area contributed by atoms with E-state index >= 15 is 0 Å². The molecule has 0 bridgehead atoms. The molecule has 5 nitrogen and oxygen atoms in total. The maximum Gasteiger partial charge on any atom is 0.282 e. The Labute approximate surface area is 147 Å². The second-order valence-electron chi connectivity index (χ2n) is 5.39. The lowest BCUT2D eigenvalue weighted by Gasteiger charge is -2.08. The Hall–Kier alpha value is -2.47. The minimum atomic E-state index is -0.195. The van der Waals surface area contributed by atoms with Gasteiger partial charge in [0.05, 0.1) is 17.1 Å². The molecule has 1 heterocycles. The number of fused-ring (bicyclic) bond motifs is 1. The molecule has 0 aliphatic heterocycles. The van der Waals surface area contributed by atoms with Crippen LogP contribution in [0.15, 0.2) is 56.8 Å². The smallest absolute Gasteiger partial charge is 0.282 e. The van der Waals surface area contributed by atoms with Crippen LogP contribution >= 0.6 is 15.9 Å². The van der Waals surface area contributed by atoms with Gasteiger partial charge in [-0.05, 0) is 54.4 Å². The minimum Gasteiger partial charge on any atom is -0.508 e. The Balaban J connectivity index is 2.13. The number of halogens is 1. The summed E-state index contributed by atoms with van der Waals surface area (Å²) < 4.78 is 2.18. The first kappa shape index (κ1) is 16.4. The number of benzene rings is 2. The van der Waals surface area contributed by atoms with Crippen LogP contribution in [0.25, 0.3) is 10.9 Å². The largest absolute Gasteiger partial charge is 0.508 e. The summed E-state index contributed by atoms with van der Waals surface area (Å²) in [5.41, 5.74) is 1.26. The number of phenols is 1. The fourth-order valence-corrected chi connectivity index (χ4v) is 2.75. The highest BCUT2D eigenvalue weighted by molar-refractivity contribution is 9.10. The van der Waals surface area contributed by atoms with Gasteiger partial charge in [-0.15, -0.1) is 0 Å². The zero-order valence-electron chi connectivity index (χ0n) is 13.1. The monoisotopic (exact) mass is 385 g/mol. The number of aromatic hydroxyl groups is 1. The normalized spacial score (nSPS) is 11.4. The molecule has 1 aromatic heterocycles. The Kier molecular flexibility index (Phi) is 4.76. The molecule has 6 heteroatoms. The van der Waals surface area contributed by atoms with E-state index in [-0.39, 0.29) is 11.3 Å². The van der Waals surface area contributed by atoms with E-state index in [9.17, 15) is 9.90 Å². The number of aromatic nitrogens is 2. The van der Waals surface area contributed by atoms with E-state index in [0.29, 0.717) is 23.1 Å². The average molecular weight is 386 g/mol. The van der Waals surface area contributed by atoms with Crippen molar-refractivity contribution in [3.05, 3.63) is 68.7 Å². The third kappa shape index (κ3) is 3.38. The van der Waals surface area contributed by atoms with E-state index in [1.54, 1.807) is 36.5 Å². The SMILES string of the molecule is CCCc1nc2ccc(Br)cc2c(=O)n1N=Cc1ccc(O)cc1. The second-order valence-corrected chi connectivity index (χ2v) is 6.31. The number of phenolic OH excluding ortho intramolecular Hbond substituents is 1. The fourth-order valence-electron chi connectivity index (χ4n) is 2.38. The summed E-state index contributed by atoms with van der Waals surface area (Å²) >= 11 is 3.38. The minimum absolute atomic E-state index is 0.188. The predicted molar refractivity (Wildman–Crippen MR) is 98.8 cm³/mol. The summed E-state index contributed by atoms with van der Waals surface area (Å²) in [6.45, 7) is 2.03. The molecule has 122 valence electrons. The molecule has 0 atom stereocenters. The highest BCUT2D eigenvalue weighted by Crippen LogP contribution is 2.16. The number of hydrogen-bond donors (Lipinski definition) is 1. The van der Waals surface area contributed by atoms with Crippen LogP contribution in [0.3, 0.4) is 0 Å². The molecule has 24 heavy (non-hydrogen) atoms. The summed E-state index contributed by atoms with van der Waals surface area (Å²) in [7, 11) is 0. The first-order valence-corrected chi connectivity index (χ1v) is 8.42. The van der Waals surface area contributed by atoms with Gasteiger partial charge >= 0.3 is 0 Å². The first-order chi connectivity index (χ1) is 11.6. The van der Waals surface area contributed by atoms with Gasteiger partial charge in [-0.3, -0.25) is 4.79 Å². The van der Waals surface area contributed by atoms with Crippen LogP contribution in [0.5, 0.6) is 5.75 Å². The van der Waals surface area contributed by atoms with Gasteiger partial charge in [0.15, 0.2) is 0 Å². The van der Waals surface area contributed by atoms with Crippen molar-refractivity contribution < 1.29 is 5.11 Å². The van der Waals surface area contributed by atoms with E-state index in [1.165, 1.54) is 4.68 Å². The molecule has 0 amide bonds. The highest BCUT2D eigenvalue weighted by atomic mass is 79.9. The lowest BCUT2D eigenvalue weighted by molar-refractivity contribution is 0.475. The standard InChI is InChI=1S/C18H16BrN3O2/c1-2-3-17-21-16-9-6-13(19)10-15(16)18(24)22(17)20-11-12-4-7-14(23)8-5-12/h4-11,23H,2-3H2,1H3. The molecule has 0 radical (unpaired) electrons. The molecule has 3 aromatic rings. The van der Waals surface area contributed by atoms with Crippen molar-refractivity contribution in [2.75, 3.05) is 0 Å². The second kappa shape index (κ2) is 6.97. The van der Waals surface area contributed by atoms with Crippen LogP contribution in [0.2, 0.25) is 0 Å². The van der Waals surface area contributed by atoms with E-state index in [2.05, 4.69) is 26.0 Å². The zero-order chi connectivity index (χ0) is 17.1. The van der Waals surface area contributed by atoms with Crippen LogP contribution in [-0.4, -0.2) is 21.0 Å². The molecular weight excluding hydrogens is 370 g/mol. The van der Waals surface area contributed by atoms with Crippen LogP contribution < -0.4 is 5.56 Å². The summed E-state index contributed by atoms with van der Waals surface area (Å²) in [5.74, 6) is 0.820. The number of rotatable bonds is 4. The van der Waals surface area contributed by atoms with Gasteiger partial charge < -0.3 is 5.11 Å². The maximum atomic E-state index is 12.8. The Bertz CT molecular complexity index is 962. The molecular formula is C18H16BrN3O2. The van der Waals surface area contributed by atoms with Crippen molar-refractivity contribution in [1.29, 1.82) is 0 Å². The van der Waals surface area contributed by atoms with Crippen molar-refractivity contribution in [2.45, 2.75) is 19.8 Å². The number of aryl methyl sites for hydroxylation is 1. The molecule has 0 unspecified atom stereocenters. The third-order valence-corrected chi connectivity index (χ3v) is 4.06. The Morgan fingerprint density at radius 1 is 1.25 bits per heavy atom. The molecule has 0 spiro atoms. The van der Waals surface area contributed by atoms with Crippen molar-refractivity contribution in [3.63, 3.8) is 0 Å². The van der Waals surface area contributed by atoms with Gasteiger partial charge in [0, 0.05) is 10.9 Å². The average Bonchev–Trinajstić information content (AvgIpc) is 2.57. The number of hydrogen-bond acceptors (Lipinski definition) is 4. The molecule has 1 N–H and O–H groups in total. The molecule has 2 aromatic carbocycles. The quantitative estimate of drug-likeness (QED) is 0.696. The van der Waals surface area contributed by atoms with Gasteiger partial charge in [-0.2, -0.15) is 9.78 Å². The third-order valence-electron chi connectivity index (χ3n) is 3.56. The van der Waals surface area contributed by atoms with E-state index in [1.807, 2.05) is 19.1 Å². The first-order valence-electron chi connectivity index (χ1n) is 7.63. The highest BCUT2D eigenvalue weighted by Gasteiger charge is 2.10. The van der Waals surface area contributed by atoms with Crippen molar-refractivity contribution in [1.82, 2.24) is 9.66 Å². The van der Waals surface area contributed by atoms with Crippen molar-refractivity contribution in [3.8, 4) is 5.75 Å². The lowest BCUT2D eigenvalue weighted by Crippen LogP contribution is -2.22. The van der Waals surface area contributed by atoms with Gasteiger partial charge in [-0.1, -0.05) is 22.9 Å². The van der Waals surface area contributed by atoms with E-state index < -0.39 is 0 Å². The Morgan fingerprint density at radius 2 is 2.00 bits per heavy atom. The summed E-state index contributed by atoms with van der Waals surface area (Å²) in [6.07, 6.45) is 3.11. The molecule has 0 saturated heterocycles.